The molecule has 0 unspecified atom stereocenters. The summed E-state index contributed by atoms with van der Waals surface area (Å²) in [6.07, 6.45) is 4.19. The third-order valence-corrected chi connectivity index (χ3v) is 7.43. The Morgan fingerprint density at radius 1 is 1.00 bits per heavy atom. The summed E-state index contributed by atoms with van der Waals surface area (Å²) in [5, 5.41) is 13.2. The van der Waals surface area contributed by atoms with Gasteiger partial charge < -0.3 is 5.11 Å². The number of rotatable bonds is 11. The fourth-order valence-electron chi connectivity index (χ4n) is 4.48. The van der Waals surface area contributed by atoms with Crippen molar-refractivity contribution in [1.29, 1.82) is 0 Å². The first-order chi connectivity index (χ1) is 17.3. The number of nitrogens with zero attached hydrogens (tertiary/aromatic N) is 5. The molecule has 0 saturated heterocycles. The van der Waals surface area contributed by atoms with Gasteiger partial charge in [0.25, 0.3) is 11.1 Å². The molecule has 0 aliphatic carbocycles. The number of thiophene rings is 1. The summed E-state index contributed by atoms with van der Waals surface area (Å²) in [5.74, 6) is 0.366. The summed E-state index contributed by atoms with van der Waals surface area (Å²) >= 11 is 1.53. The Hall–Kier alpha value is -3.14. The molecule has 0 aromatic carbocycles. The molecule has 0 aliphatic rings. The van der Waals surface area contributed by atoms with Gasteiger partial charge in [-0.1, -0.05) is 46.6 Å². The highest BCUT2D eigenvalue weighted by Crippen LogP contribution is 2.24. The molecule has 194 valence electrons. The lowest BCUT2D eigenvalue weighted by Crippen LogP contribution is -2.41. The van der Waals surface area contributed by atoms with Gasteiger partial charge in [-0.2, -0.15) is 4.98 Å². The molecule has 36 heavy (non-hydrogen) atoms. The molecule has 0 fully saturated rings. The molecule has 1 N–H and O–H groups in total. The van der Waals surface area contributed by atoms with Gasteiger partial charge >= 0.3 is 5.69 Å². The largest absolute Gasteiger partial charge is 0.494 e. The maximum absolute atomic E-state index is 13.8. The Morgan fingerprint density at radius 2 is 1.69 bits per heavy atom. The number of aromatic nitrogens is 5. The summed E-state index contributed by atoms with van der Waals surface area (Å²) in [6.45, 7) is 9.13. The maximum Gasteiger partial charge on any atom is 0.332 e. The van der Waals surface area contributed by atoms with Crippen LogP contribution < -0.4 is 16.8 Å². The topological polar surface area (TPSA) is 104 Å². The summed E-state index contributed by atoms with van der Waals surface area (Å²) in [5.41, 5.74) is -0.801. The maximum atomic E-state index is 13.8. The second-order valence-corrected chi connectivity index (χ2v) is 10.8. The van der Waals surface area contributed by atoms with E-state index in [0.717, 1.165) is 24.1 Å². The van der Waals surface area contributed by atoms with Crippen molar-refractivity contribution in [2.24, 2.45) is 5.92 Å². The lowest BCUT2D eigenvalue weighted by molar-refractivity contribution is 0.409. The smallest absolute Gasteiger partial charge is 0.332 e. The first kappa shape index (κ1) is 25.9. The number of unbranched alkanes of at least 4 members (excludes halogenated alkanes) is 2. The number of aromatic hydroxyl groups is 1. The van der Waals surface area contributed by atoms with Gasteiger partial charge in [0.05, 0.1) is 12.1 Å². The fraction of sp³-hybridized carbons (Fsp3) is 0.538. The third-order valence-electron chi connectivity index (χ3n) is 6.57. The lowest BCUT2D eigenvalue weighted by atomic mass is 10.0. The molecule has 4 aromatic rings. The Bertz CT molecular complexity index is 1540. The Balaban J connectivity index is 2.13. The first-order valence-corrected chi connectivity index (χ1v) is 13.7. The minimum atomic E-state index is -0.510. The van der Waals surface area contributed by atoms with Crippen LogP contribution in [0.5, 0.6) is 5.88 Å². The lowest BCUT2D eigenvalue weighted by Gasteiger charge is -2.14. The molecule has 10 heteroatoms. The van der Waals surface area contributed by atoms with Crippen molar-refractivity contribution >= 4 is 28.3 Å². The normalized spacial score (nSPS) is 11.9. The Morgan fingerprint density at radius 3 is 2.31 bits per heavy atom. The highest BCUT2D eigenvalue weighted by Gasteiger charge is 2.25. The average molecular weight is 514 g/mol. The summed E-state index contributed by atoms with van der Waals surface area (Å²) in [4.78, 5) is 46.5. The number of hydrogen-bond acceptors (Lipinski definition) is 6. The zero-order chi connectivity index (χ0) is 26.0. The van der Waals surface area contributed by atoms with E-state index in [1.807, 2.05) is 31.4 Å². The second kappa shape index (κ2) is 10.9. The molecule has 4 heterocycles. The van der Waals surface area contributed by atoms with E-state index in [2.05, 4.69) is 18.8 Å². The predicted molar refractivity (Wildman–Crippen MR) is 144 cm³/mol. The number of fused-ring (bicyclic) bond motifs is 3. The van der Waals surface area contributed by atoms with Crippen LogP contribution in [0.4, 0.5) is 0 Å². The van der Waals surface area contributed by atoms with Gasteiger partial charge in [-0.25, -0.2) is 9.20 Å². The van der Waals surface area contributed by atoms with Crippen LogP contribution in [0, 0.1) is 5.92 Å². The van der Waals surface area contributed by atoms with Crippen molar-refractivity contribution in [2.45, 2.75) is 85.9 Å². The van der Waals surface area contributed by atoms with Gasteiger partial charge in [0.15, 0.2) is 11.2 Å². The van der Waals surface area contributed by atoms with Gasteiger partial charge in [0.2, 0.25) is 11.7 Å². The van der Waals surface area contributed by atoms with Crippen molar-refractivity contribution in [2.75, 3.05) is 0 Å². The van der Waals surface area contributed by atoms with E-state index >= 15 is 0 Å². The van der Waals surface area contributed by atoms with Gasteiger partial charge in [0.1, 0.15) is 0 Å². The van der Waals surface area contributed by atoms with E-state index in [9.17, 15) is 19.5 Å². The summed E-state index contributed by atoms with van der Waals surface area (Å²) < 4.78 is 5.67. The van der Waals surface area contributed by atoms with Crippen molar-refractivity contribution in [3.05, 3.63) is 59.1 Å². The minimum absolute atomic E-state index is 0.104. The van der Waals surface area contributed by atoms with Crippen molar-refractivity contribution < 1.29 is 5.11 Å². The van der Waals surface area contributed by atoms with Gasteiger partial charge in [-0.15, -0.1) is 11.3 Å². The molecule has 0 spiro atoms. The Kier molecular flexibility index (Phi) is 7.82. The van der Waals surface area contributed by atoms with Gasteiger partial charge in [-0.05, 0) is 43.0 Å². The Labute approximate surface area is 213 Å². The van der Waals surface area contributed by atoms with Gasteiger partial charge in [0, 0.05) is 18.0 Å². The van der Waals surface area contributed by atoms with Crippen LogP contribution >= 0.6 is 11.3 Å². The monoisotopic (exact) mass is 513 g/mol. The number of hydrogen-bond donors (Lipinski definition) is 1. The molecule has 4 rings (SSSR count). The molecule has 0 bridgehead atoms. The summed E-state index contributed by atoms with van der Waals surface area (Å²) in [6, 6.07) is 3.87. The van der Waals surface area contributed by atoms with E-state index in [1.165, 1.54) is 24.9 Å². The van der Waals surface area contributed by atoms with Crippen molar-refractivity contribution in [1.82, 2.24) is 23.1 Å². The molecular weight excluding hydrogens is 478 g/mol. The quantitative estimate of drug-likeness (QED) is 0.327. The van der Waals surface area contributed by atoms with E-state index < -0.39 is 16.8 Å². The highest BCUT2D eigenvalue weighted by molar-refractivity contribution is 7.09. The zero-order valence-corrected chi connectivity index (χ0v) is 22.3. The first-order valence-electron chi connectivity index (χ1n) is 12.8. The third kappa shape index (κ3) is 4.66. The van der Waals surface area contributed by atoms with E-state index in [4.69, 9.17) is 0 Å². The fourth-order valence-corrected chi connectivity index (χ4v) is 5.17. The molecular formula is C26H35N5O4S. The summed E-state index contributed by atoms with van der Waals surface area (Å²) in [7, 11) is 0. The molecule has 0 radical (unpaired) electrons. The van der Waals surface area contributed by atoms with E-state index in [0.29, 0.717) is 38.3 Å². The SMILES string of the molecule is CCCCn1c(=O)c2c(nc3n(Cc4cccs4)c(O)c(CCC(C)C)c(=O)n23)n(CCCC)c1=O. The van der Waals surface area contributed by atoms with Crippen LogP contribution in [-0.2, 0) is 26.1 Å². The molecule has 4 aromatic heterocycles. The van der Waals surface area contributed by atoms with Crippen molar-refractivity contribution in [3.63, 3.8) is 0 Å². The second-order valence-electron chi connectivity index (χ2n) is 9.72. The average Bonchev–Trinajstić information content (AvgIpc) is 3.49. The zero-order valence-electron chi connectivity index (χ0n) is 21.5. The van der Waals surface area contributed by atoms with Crippen LogP contribution in [-0.4, -0.2) is 28.2 Å². The molecule has 0 amide bonds. The van der Waals surface area contributed by atoms with Crippen LogP contribution in [0.3, 0.4) is 0 Å². The molecule has 0 saturated carbocycles. The molecule has 9 nitrogen and oxygen atoms in total. The van der Waals surface area contributed by atoms with Crippen LogP contribution in [0.1, 0.15) is 70.2 Å². The predicted octanol–water partition coefficient (Wildman–Crippen LogP) is 3.98. The molecule has 0 aliphatic heterocycles. The number of imidazole rings is 1. The minimum Gasteiger partial charge on any atom is -0.494 e. The van der Waals surface area contributed by atoms with E-state index in [-0.39, 0.29) is 34.9 Å². The van der Waals surface area contributed by atoms with Gasteiger partial charge in [-0.3, -0.25) is 23.3 Å². The van der Waals surface area contributed by atoms with Crippen molar-refractivity contribution in [3.8, 4) is 5.88 Å². The number of aryl methyl sites for hydroxylation is 1. The van der Waals surface area contributed by atoms with Crippen LogP contribution in [0.2, 0.25) is 0 Å². The standard InChI is InChI=1S/C26H35N5O4S/c1-5-7-13-28-21-20(24(34)29(26(28)35)14-8-6-2)31-23(33)19(12-11-17(3)4)22(32)30(25(31)27-21)16-18-10-9-15-36-18/h9-10,15,17,32H,5-8,11-14,16H2,1-4H3. The van der Waals surface area contributed by atoms with Crippen LogP contribution in [0.25, 0.3) is 16.9 Å². The van der Waals surface area contributed by atoms with Crippen LogP contribution in [0.15, 0.2) is 31.9 Å². The molecule has 0 atom stereocenters. The highest BCUT2D eigenvalue weighted by atomic mass is 32.1. The van der Waals surface area contributed by atoms with E-state index in [1.54, 1.807) is 4.57 Å².